The minimum atomic E-state index is 0.237. The highest BCUT2D eigenvalue weighted by molar-refractivity contribution is 7.98. The van der Waals surface area contributed by atoms with Crippen molar-refractivity contribution >= 4 is 17.7 Å². The van der Waals surface area contributed by atoms with E-state index in [1.165, 1.54) is 0 Å². The minimum absolute atomic E-state index is 0.237. The molecule has 0 heterocycles. The standard InChI is InChI=1S/C12H28N4S/c1-12(2,10-16(4)5)9-15-11(13-3)14-7-8-17-6/h7-10H2,1-6H3,(H2,13,14,15). The molecular weight excluding hydrogens is 232 g/mol. The van der Waals surface area contributed by atoms with Crippen LogP contribution in [0.3, 0.4) is 0 Å². The SMILES string of the molecule is CN=C(NCCSC)NCC(C)(C)CN(C)C. The molecule has 0 aliphatic carbocycles. The van der Waals surface area contributed by atoms with Gasteiger partial charge in [0.2, 0.25) is 0 Å². The Balaban J connectivity index is 3.97. The molecule has 0 rings (SSSR count). The van der Waals surface area contributed by atoms with Crippen LogP contribution in [-0.4, -0.2) is 63.6 Å². The second kappa shape index (κ2) is 8.64. The van der Waals surface area contributed by atoms with Crippen molar-refractivity contribution in [3.8, 4) is 0 Å². The van der Waals surface area contributed by atoms with Crippen molar-refractivity contribution in [3.05, 3.63) is 0 Å². The fraction of sp³-hybridized carbons (Fsp3) is 0.917. The average Bonchev–Trinajstić information content (AvgIpc) is 2.21. The van der Waals surface area contributed by atoms with Crippen LogP contribution >= 0.6 is 11.8 Å². The lowest BCUT2D eigenvalue weighted by Crippen LogP contribution is -2.45. The van der Waals surface area contributed by atoms with E-state index in [-0.39, 0.29) is 5.41 Å². The first-order valence-electron chi connectivity index (χ1n) is 5.99. The third-order valence-electron chi connectivity index (χ3n) is 2.30. The van der Waals surface area contributed by atoms with E-state index in [2.05, 4.69) is 54.7 Å². The maximum atomic E-state index is 4.21. The van der Waals surface area contributed by atoms with Crippen LogP contribution in [0.5, 0.6) is 0 Å². The zero-order chi connectivity index (χ0) is 13.3. The average molecular weight is 260 g/mol. The van der Waals surface area contributed by atoms with Gasteiger partial charge in [-0.05, 0) is 25.8 Å². The van der Waals surface area contributed by atoms with Crippen molar-refractivity contribution in [1.82, 2.24) is 15.5 Å². The Labute approximate surface area is 111 Å². The lowest BCUT2D eigenvalue weighted by Gasteiger charge is -2.29. The third-order valence-corrected chi connectivity index (χ3v) is 2.91. The molecule has 102 valence electrons. The summed E-state index contributed by atoms with van der Waals surface area (Å²) in [7, 11) is 6.02. The van der Waals surface area contributed by atoms with Crippen LogP contribution in [0.4, 0.5) is 0 Å². The molecule has 0 aromatic carbocycles. The normalized spacial score (nSPS) is 13.0. The number of hydrogen-bond donors (Lipinski definition) is 2. The second-order valence-corrected chi connectivity index (χ2v) is 6.23. The molecule has 0 fully saturated rings. The van der Waals surface area contributed by atoms with Gasteiger partial charge in [-0.2, -0.15) is 11.8 Å². The Bertz CT molecular complexity index is 227. The predicted octanol–water partition coefficient (Wildman–Crippen LogP) is 1.10. The molecule has 0 unspecified atom stereocenters. The first kappa shape index (κ1) is 16.6. The van der Waals surface area contributed by atoms with Crippen LogP contribution in [0.1, 0.15) is 13.8 Å². The summed E-state index contributed by atoms with van der Waals surface area (Å²) in [5.74, 6) is 1.99. The van der Waals surface area contributed by atoms with E-state index in [0.717, 1.165) is 31.3 Å². The summed E-state index contributed by atoms with van der Waals surface area (Å²) in [5.41, 5.74) is 0.237. The first-order valence-corrected chi connectivity index (χ1v) is 7.39. The fourth-order valence-electron chi connectivity index (χ4n) is 1.73. The van der Waals surface area contributed by atoms with Crippen LogP contribution in [0.2, 0.25) is 0 Å². The molecule has 0 radical (unpaired) electrons. The molecule has 0 aliphatic heterocycles. The van der Waals surface area contributed by atoms with Crippen LogP contribution in [0.15, 0.2) is 4.99 Å². The van der Waals surface area contributed by atoms with Gasteiger partial charge >= 0.3 is 0 Å². The number of aliphatic imine (C=N–C) groups is 1. The molecule has 0 aromatic rings. The summed E-state index contributed by atoms with van der Waals surface area (Å²) >= 11 is 1.83. The zero-order valence-corrected chi connectivity index (χ0v) is 12.9. The minimum Gasteiger partial charge on any atom is -0.356 e. The number of thioether (sulfide) groups is 1. The van der Waals surface area contributed by atoms with Crippen molar-refractivity contribution in [2.24, 2.45) is 10.4 Å². The molecular formula is C12H28N4S. The van der Waals surface area contributed by atoms with Crippen LogP contribution < -0.4 is 10.6 Å². The third kappa shape index (κ3) is 9.30. The van der Waals surface area contributed by atoms with E-state index in [4.69, 9.17) is 0 Å². The number of nitrogens with zero attached hydrogens (tertiary/aromatic N) is 2. The van der Waals surface area contributed by atoms with Gasteiger partial charge in [0.1, 0.15) is 0 Å². The molecule has 17 heavy (non-hydrogen) atoms. The van der Waals surface area contributed by atoms with Crippen molar-refractivity contribution in [2.75, 3.05) is 52.8 Å². The predicted molar refractivity (Wildman–Crippen MR) is 80.1 cm³/mol. The fourth-order valence-corrected chi connectivity index (χ4v) is 2.03. The summed E-state index contributed by atoms with van der Waals surface area (Å²) in [6.45, 7) is 7.45. The van der Waals surface area contributed by atoms with Crippen LogP contribution in [0.25, 0.3) is 0 Å². The highest BCUT2D eigenvalue weighted by atomic mass is 32.2. The summed E-state index contributed by atoms with van der Waals surface area (Å²) in [4.78, 5) is 6.43. The first-order chi connectivity index (χ1) is 7.91. The molecule has 5 heteroatoms. The zero-order valence-electron chi connectivity index (χ0n) is 12.1. The van der Waals surface area contributed by atoms with E-state index in [9.17, 15) is 0 Å². The maximum absolute atomic E-state index is 4.21. The van der Waals surface area contributed by atoms with Crippen LogP contribution in [-0.2, 0) is 0 Å². The topological polar surface area (TPSA) is 39.7 Å². The molecule has 0 saturated carbocycles. The Hall–Kier alpha value is -0.420. The van der Waals surface area contributed by atoms with Gasteiger partial charge in [0.25, 0.3) is 0 Å². The Kier molecular flexibility index (Phi) is 8.43. The molecule has 0 amide bonds. The van der Waals surface area contributed by atoms with E-state index in [1.54, 1.807) is 0 Å². The van der Waals surface area contributed by atoms with Crippen molar-refractivity contribution in [3.63, 3.8) is 0 Å². The Morgan fingerprint density at radius 1 is 1.29 bits per heavy atom. The highest BCUT2D eigenvalue weighted by Gasteiger charge is 2.18. The Morgan fingerprint density at radius 3 is 2.41 bits per heavy atom. The molecule has 0 atom stereocenters. The number of hydrogen-bond acceptors (Lipinski definition) is 3. The van der Waals surface area contributed by atoms with E-state index in [1.807, 2.05) is 18.8 Å². The van der Waals surface area contributed by atoms with Crippen molar-refractivity contribution in [1.29, 1.82) is 0 Å². The number of rotatable bonds is 7. The summed E-state index contributed by atoms with van der Waals surface area (Å²) < 4.78 is 0. The van der Waals surface area contributed by atoms with E-state index < -0.39 is 0 Å². The summed E-state index contributed by atoms with van der Waals surface area (Å²) in [6, 6.07) is 0. The molecule has 0 aromatic heterocycles. The Morgan fingerprint density at radius 2 is 1.94 bits per heavy atom. The van der Waals surface area contributed by atoms with Gasteiger partial charge in [0, 0.05) is 32.4 Å². The quantitative estimate of drug-likeness (QED) is 0.409. The van der Waals surface area contributed by atoms with Gasteiger partial charge < -0.3 is 15.5 Å². The van der Waals surface area contributed by atoms with Crippen LogP contribution in [0, 0.1) is 5.41 Å². The van der Waals surface area contributed by atoms with Crippen molar-refractivity contribution in [2.45, 2.75) is 13.8 Å². The van der Waals surface area contributed by atoms with E-state index >= 15 is 0 Å². The van der Waals surface area contributed by atoms with Gasteiger partial charge in [0.15, 0.2) is 5.96 Å². The lowest BCUT2D eigenvalue weighted by molar-refractivity contribution is 0.241. The maximum Gasteiger partial charge on any atom is 0.191 e. The molecule has 2 N–H and O–H groups in total. The van der Waals surface area contributed by atoms with Gasteiger partial charge in [-0.3, -0.25) is 4.99 Å². The largest absolute Gasteiger partial charge is 0.356 e. The molecule has 0 aliphatic rings. The number of nitrogens with one attached hydrogen (secondary N) is 2. The van der Waals surface area contributed by atoms with Gasteiger partial charge in [0.05, 0.1) is 0 Å². The molecule has 0 spiro atoms. The van der Waals surface area contributed by atoms with Gasteiger partial charge in [-0.1, -0.05) is 13.8 Å². The van der Waals surface area contributed by atoms with Crippen molar-refractivity contribution < 1.29 is 0 Å². The molecule has 4 nitrogen and oxygen atoms in total. The smallest absolute Gasteiger partial charge is 0.191 e. The summed E-state index contributed by atoms with van der Waals surface area (Å²) in [5, 5.41) is 6.68. The highest BCUT2D eigenvalue weighted by Crippen LogP contribution is 2.13. The van der Waals surface area contributed by atoms with E-state index in [0.29, 0.717) is 0 Å². The van der Waals surface area contributed by atoms with Gasteiger partial charge in [-0.15, -0.1) is 0 Å². The summed E-state index contributed by atoms with van der Waals surface area (Å²) in [6.07, 6.45) is 2.11. The van der Waals surface area contributed by atoms with Gasteiger partial charge in [-0.25, -0.2) is 0 Å². The molecule has 0 saturated heterocycles. The second-order valence-electron chi connectivity index (χ2n) is 5.25. The lowest BCUT2D eigenvalue weighted by atomic mass is 9.93. The molecule has 0 bridgehead atoms. The monoisotopic (exact) mass is 260 g/mol. The number of guanidine groups is 1.